The summed E-state index contributed by atoms with van der Waals surface area (Å²) in [5.41, 5.74) is 0. The van der Waals surface area contributed by atoms with Gasteiger partial charge in [-0.1, -0.05) is 245 Å². The molecule has 0 spiro atoms. The van der Waals surface area contributed by atoms with Crippen molar-refractivity contribution in [2.75, 3.05) is 6.61 Å². The molecule has 0 aliphatic carbocycles. The summed E-state index contributed by atoms with van der Waals surface area (Å²) in [6, 6.07) is 0. The molecule has 2 nitrogen and oxygen atoms in total. The molecule has 0 radical (unpaired) electrons. The molecule has 0 aromatic heterocycles. The maximum atomic E-state index is 11.9. The monoisotopic (exact) mass is 649 g/mol. The molecule has 46 heavy (non-hydrogen) atoms. The van der Waals surface area contributed by atoms with Gasteiger partial charge in [0.2, 0.25) is 0 Å². The molecule has 0 fully saturated rings. The van der Waals surface area contributed by atoms with Crippen molar-refractivity contribution in [1.82, 2.24) is 0 Å². The second-order valence-electron chi connectivity index (χ2n) is 15.3. The molecule has 0 aliphatic rings. The van der Waals surface area contributed by atoms with Gasteiger partial charge in [0.25, 0.3) is 0 Å². The van der Waals surface area contributed by atoms with Gasteiger partial charge in [0.1, 0.15) is 0 Å². The van der Waals surface area contributed by atoms with E-state index in [0.717, 1.165) is 18.8 Å². The molecule has 276 valence electrons. The molecule has 1 unspecified atom stereocenters. The Hall–Kier alpha value is -0.530. The largest absolute Gasteiger partial charge is 0.466 e. The fourth-order valence-electron chi connectivity index (χ4n) is 6.88. The third kappa shape index (κ3) is 39.6. The van der Waals surface area contributed by atoms with Crippen LogP contribution < -0.4 is 0 Å². The molecule has 0 N–H and O–H groups in total. The van der Waals surface area contributed by atoms with Crippen molar-refractivity contribution in [3.05, 3.63) is 0 Å². The van der Waals surface area contributed by atoms with E-state index in [0.29, 0.717) is 13.0 Å². The molecular weight excluding hydrogens is 560 g/mol. The van der Waals surface area contributed by atoms with E-state index in [9.17, 15) is 4.79 Å². The van der Waals surface area contributed by atoms with E-state index >= 15 is 0 Å². The molecule has 0 saturated carbocycles. The fourth-order valence-corrected chi connectivity index (χ4v) is 6.88. The van der Waals surface area contributed by atoms with Crippen LogP contribution >= 0.6 is 0 Å². The normalized spacial score (nSPS) is 12.2. The van der Waals surface area contributed by atoms with Crippen LogP contribution in [0.5, 0.6) is 0 Å². The minimum absolute atomic E-state index is 0.0259. The van der Waals surface area contributed by atoms with Gasteiger partial charge < -0.3 is 4.74 Å². The Morgan fingerprint density at radius 1 is 0.391 bits per heavy atom. The van der Waals surface area contributed by atoms with E-state index in [1.165, 1.54) is 225 Å². The van der Waals surface area contributed by atoms with Gasteiger partial charge in [-0.05, 0) is 18.8 Å². The van der Waals surface area contributed by atoms with Crippen molar-refractivity contribution >= 4 is 5.97 Å². The second kappa shape index (κ2) is 40.6. The Morgan fingerprint density at radius 2 is 0.674 bits per heavy atom. The van der Waals surface area contributed by atoms with Crippen LogP contribution in [-0.2, 0) is 9.53 Å². The maximum Gasteiger partial charge on any atom is 0.305 e. The molecule has 0 rings (SSSR count). The highest BCUT2D eigenvalue weighted by molar-refractivity contribution is 5.69. The van der Waals surface area contributed by atoms with Crippen LogP contribution in [0.2, 0.25) is 0 Å². The van der Waals surface area contributed by atoms with Crippen LogP contribution in [0, 0.1) is 5.92 Å². The third-order valence-corrected chi connectivity index (χ3v) is 10.5. The third-order valence-electron chi connectivity index (χ3n) is 10.5. The summed E-state index contributed by atoms with van der Waals surface area (Å²) in [5, 5.41) is 0. The Labute approximate surface area is 292 Å². The van der Waals surface area contributed by atoms with E-state index in [1.807, 2.05) is 0 Å². The molecular formula is C44H88O2. The number of esters is 1. The smallest absolute Gasteiger partial charge is 0.305 e. The zero-order valence-corrected chi connectivity index (χ0v) is 32.5. The number of hydrogen-bond acceptors (Lipinski definition) is 2. The van der Waals surface area contributed by atoms with Gasteiger partial charge in [0, 0.05) is 6.42 Å². The number of unbranched alkanes of at least 4 members (excludes halogenated alkanes) is 33. The SMILES string of the molecule is CCCCCCCCCCCC(=O)OCCCCCCCCCCCCCCCCCCCCCCCCCCCCC(C)CC. The Kier molecular flexibility index (Phi) is 40.2. The van der Waals surface area contributed by atoms with Crippen molar-refractivity contribution < 1.29 is 9.53 Å². The molecule has 1 atom stereocenters. The minimum Gasteiger partial charge on any atom is -0.466 e. The Balaban J connectivity index is 3.12. The van der Waals surface area contributed by atoms with Crippen LogP contribution in [0.15, 0.2) is 0 Å². The average molecular weight is 649 g/mol. The van der Waals surface area contributed by atoms with Crippen LogP contribution in [0.4, 0.5) is 0 Å². The average Bonchev–Trinajstić information content (AvgIpc) is 3.06. The topological polar surface area (TPSA) is 26.3 Å². The molecule has 0 heterocycles. The van der Waals surface area contributed by atoms with Crippen LogP contribution in [0.3, 0.4) is 0 Å². The first-order valence-electron chi connectivity index (χ1n) is 21.9. The zero-order valence-electron chi connectivity index (χ0n) is 32.5. The minimum atomic E-state index is 0.0259. The van der Waals surface area contributed by atoms with Crippen LogP contribution in [0.25, 0.3) is 0 Å². The van der Waals surface area contributed by atoms with Crippen molar-refractivity contribution in [3.63, 3.8) is 0 Å². The highest BCUT2D eigenvalue weighted by Crippen LogP contribution is 2.17. The molecule has 0 saturated heterocycles. The van der Waals surface area contributed by atoms with Gasteiger partial charge in [-0.25, -0.2) is 0 Å². The van der Waals surface area contributed by atoms with Gasteiger partial charge in [-0.3, -0.25) is 4.79 Å². The quantitative estimate of drug-likeness (QED) is 0.0488. The van der Waals surface area contributed by atoms with Gasteiger partial charge >= 0.3 is 5.97 Å². The van der Waals surface area contributed by atoms with Gasteiger partial charge in [0.05, 0.1) is 6.61 Å². The predicted molar refractivity (Wildman–Crippen MR) is 207 cm³/mol. The maximum absolute atomic E-state index is 11.9. The summed E-state index contributed by atoms with van der Waals surface area (Å²) < 4.78 is 5.44. The lowest BCUT2D eigenvalue weighted by molar-refractivity contribution is -0.143. The van der Waals surface area contributed by atoms with Gasteiger partial charge in [0.15, 0.2) is 0 Å². The fraction of sp³-hybridized carbons (Fsp3) is 0.977. The lowest BCUT2D eigenvalue weighted by Crippen LogP contribution is -2.05. The standard InChI is InChI=1S/C44H88O2/c1-4-6-7-8-9-28-32-35-38-41-44(45)46-42-39-36-33-30-27-25-23-21-19-17-15-13-11-10-12-14-16-18-20-22-24-26-29-31-34-37-40-43(3)5-2/h43H,4-42H2,1-3H3. The molecule has 0 amide bonds. The van der Waals surface area contributed by atoms with E-state index < -0.39 is 0 Å². The molecule has 0 aromatic carbocycles. The summed E-state index contributed by atoms with van der Waals surface area (Å²) in [5.74, 6) is 0.965. The van der Waals surface area contributed by atoms with Gasteiger partial charge in [-0.2, -0.15) is 0 Å². The number of rotatable bonds is 40. The highest BCUT2D eigenvalue weighted by atomic mass is 16.5. The van der Waals surface area contributed by atoms with Gasteiger partial charge in [-0.15, -0.1) is 0 Å². The zero-order chi connectivity index (χ0) is 33.4. The Bertz CT molecular complexity index is 558. The summed E-state index contributed by atoms with van der Waals surface area (Å²) in [7, 11) is 0. The molecule has 0 aliphatic heterocycles. The lowest BCUT2D eigenvalue weighted by Gasteiger charge is -2.07. The van der Waals surface area contributed by atoms with Crippen molar-refractivity contribution in [3.8, 4) is 0 Å². The first-order chi connectivity index (χ1) is 22.7. The number of carbonyl (C=O) groups excluding carboxylic acids is 1. The summed E-state index contributed by atoms with van der Waals surface area (Å²) in [6.07, 6.45) is 52.1. The first kappa shape index (κ1) is 45.5. The molecule has 0 aromatic rings. The Morgan fingerprint density at radius 3 is 1.00 bits per heavy atom. The summed E-state index contributed by atoms with van der Waals surface area (Å²) in [4.78, 5) is 11.9. The van der Waals surface area contributed by atoms with E-state index in [4.69, 9.17) is 4.74 Å². The van der Waals surface area contributed by atoms with Crippen molar-refractivity contribution in [1.29, 1.82) is 0 Å². The number of hydrogen-bond donors (Lipinski definition) is 0. The predicted octanol–water partition coefficient (Wildman–Crippen LogP) is 16.0. The second-order valence-corrected chi connectivity index (χ2v) is 15.3. The highest BCUT2D eigenvalue weighted by Gasteiger charge is 2.03. The number of carbonyl (C=O) groups is 1. The molecule has 0 bridgehead atoms. The summed E-state index contributed by atoms with van der Waals surface area (Å²) in [6.45, 7) is 7.63. The molecule has 2 heteroatoms. The van der Waals surface area contributed by atoms with Crippen molar-refractivity contribution in [2.45, 2.75) is 265 Å². The van der Waals surface area contributed by atoms with E-state index in [-0.39, 0.29) is 5.97 Å². The first-order valence-corrected chi connectivity index (χ1v) is 21.9. The van der Waals surface area contributed by atoms with E-state index in [1.54, 1.807) is 0 Å². The number of ether oxygens (including phenoxy) is 1. The lowest BCUT2D eigenvalue weighted by atomic mass is 9.99. The van der Waals surface area contributed by atoms with E-state index in [2.05, 4.69) is 20.8 Å². The van der Waals surface area contributed by atoms with Crippen LogP contribution in [0.1, 0.15) is 265 Å². The van der Waals surface area contributed by atoms with Crippen LogP contribution in [-0.4, -0.2) is 12.6 Å². The van der Waals surface area contributed by atoms with Crippen molar-refractivity contribution in [2.24, 2.45) is 5.92 Å². The summed E-state index contributed by atoms with van der Waals surface area (Å²) >= 11 is 0.